The highest BCUT2D eigenvalue weighted by atomic mass is 32.1. The van der Waals surface area contributed by atoms with Crippen LogP contribution in [0, 0.1) is 0 Å². The average molecular weight is 439 g/mol. The van der Waals surface area contributed by atoms with Crippen molar-refractivity contribution in [3.05, 3.63) is 56.4 Å². The normalized spacial score (nSPS) is 17.0. The van der Waals surface area contributed by atoms with Gasteiger partial charge in [0.25, 0.3) is 5.56 Å². The number of imidazole rings is 1. The molecule has 1 aliphatic heterocycles. The third-order valence-corrected chi connectivity index (χ3v) is 7.13. The monoisotopic (exact) mass is 438 g/mol. The van der Waals surface area contributed by atoms with Crippen LogP contribution >= 0.6 is 11.3 Å². The third-order valence-electron chi connectivity index (χ3n) is 5.93. The molecule has 1 aliphatic rings. The van der Waals surface area contributed by atoms with E-state index in [1.165, 1.54) is 10.9 Å². The number of hydrogen-bond acceptors (Lipinski definition) is 6. The SMILES string of the molecule is Cn1cnc2c1c(=O)n(CC(=O)N1CCCC(c3nc4ccccc4s3)C1)c(=O)n2C. The second-order valence-corrected chi connectivity index (χ2v) is 9.02. The quantitative estimate of drug-likeness (QED) is 0.483. The highest BCUT2D eigenvalue weighted by molar-refractivity contribution is 7.18. The maximum atomic E-state index is 13.1. The third kappa shape index (κ3) is 3.27. The number of carbonyl (C=O) groups is 1. The van der Waals surface area contributed by atoms with Gasteiger partial charge < -0.3 is 9.47 Å². The molecule has 0 radical (unpaired) electrons. The molecule has 31 heavy (non-hydrogen) atoms. The first-order valence-corrected chi connectivity index (χ1v) is 11.0. The minimum atomic E-state index is -0.538. The van der Waals surface area contributed by atoms with Gasteiger partial charge in [0.15, 0.2) is 11.2 Å². The molecular formula is C21H22N6O3S. The predicted octanol–water partition coefficient (Wildman–Crippen LogP) is 1.45. The van der Waals surface area contributed by atoms with Crippen molar-refractivity contribution < 1.29 is 4.79 Å². The summed E-state index contributed by atoms with van der Waals surface area (Å²) in [4.78, 5) is 49.3. The molecule has 0 bridgehead atoms. The van der Waals surface area contributed by atoms with E-state index in [2.05, 4.69) is 11.1 Å². The Morgan fingerprint density at radius 2 is 2.03 bits per heavy atom. The van der Waals surface area contributed by atoms with Crippen molar-refractivity contribution in [3.8, 4) is 0 Å². The smallest absolute Gasteiger partial charge is 0.332 e. The van der Waals surface area contributed by atoms with Crippen LogP contribution in [0.1, 0.15) is 23.8 Å². The summed E-state index contributed by atoms with van der Waals surface area (Å²) in [6, 6.07) is 8.02. The maximum Gasteiger partial charge on any atom is 0.332 e. The van der Waals surface area contributed by atoms with Crippen LogP contribution in [0.3, 0.4) is 0 Å². The summed E-state index contributed by atoms with van der Waals surface area (Å²) in [7, 11) is 3.25. The predicted molar refractivity (Wildman–Crippen MR) is 118 cm³/mol. The number of thiazole rings is 1. The molecule has 9 nitrogen and oxygen atoms in total. The first-order valence-electron chi connectivity index (χ1n) is 10.2. The minimum Gasteiger partial charge on any atom is -0.340 e. The summed E-state index contributed by atoms with van der Waals surface area (Å²) in [5.41, 5.74) is 0.567. The molecule has 5 rings (SSSR count). The Morgan fingerprint density at radius 3 is 2.84 bits per heavy atom. The summed E-state index contributed by atoms with van der Waals surface area (Å²) in [6.07, 6.45) is 3.32. The molecule has 160 valence electrons. The standard InChI is InChI=1S/C21H22N6O3S/c1-24-12-22-18-17(24)20(29)27(21(30)25(18)2)11-16(28)26-9-5-6-13(10-26)19-23-14-7-3-4-8-15(14)31-19/h3-4,7-8,12-13H,5-6,9-11H2,1-2H3. The Labute approximate surface area is 181 Å². The van der Waals surface area contributed by atoms with Crippen molar-refractivity contribution >= 4 is 38.6 Å². The molecule has 1 saturated heterocycles. The number of carbonyl (C=O) groups excluding carboxylic acids is 1. The molecule has 0 N–H and O–H groups in total. The van der Waals surface area contributed by atoms with Crippen LogP contribution in [-0.2, 0) is 25.4 Å². The number of aryl methyl sites for hydroxylation is 2. The fourth-order valence-corrected chi connectivity index (χ4v) is 5.33. The van der Waals surface area contributed by atoms with Gasteiger partial charge in [0, 0.05) is 33.1 Å². The first kappa shape index (κ1) is 19.7. The van der Waals surface area contributed by atoms with Gasteiger partial charge in [0.2, 0.25) is 5.91 Å². The molecule has 1 fully saturated rings. The number of likely N-dealkylation sites (tertiary alicyclic amines) is 1. The Hall–Kier alpha value is -3.27. The van der Waals surface area contributed by atoms with Crippen LogP contribution in [0.4, 0.5) is 0 Å². The van der Waals surface area contributed by atoms with E-state index in [9.17, 15) is 14.4 Å². The van der Waals surface area contributed by atoms with E-state index in [-0.39, 0.29) is 18.4 Å². The topological polar surface area (TPSA) is 95.0 Å². The van der Waals surface area contributed by atoms with Crippen molar-refractivity contribution in [2.75, 3.05) is 13.1 Å². The maximum absolute atomic E-state index is 13.1. The number of amides is 1. The molecule has 1 unspecified atom stereocenters. The number of fused-ring (bicyclic) bond motifs is 2. The molecular weight excluding hydrogens is 416 g/mol. The van der Waals surface area contributed by atoms with Gasteiger partial charge in [-0.05, 0) is 25.0 Å². The number of nitrogens with zero attached hydrogens (tertiary/aromatic N) is 6. The van der Waals surface area contributed by atoms with Crippen molar-refractivity contribution in [2.24, 2.45) is 14.1 Å². The fraction of sp³-hybridized carbons (Fsp3) is 0.381. The summed E-state index contributed by atoms with van der Waals surface area (Å²) >= 11 is 1.67. The lowest BCUT2D eigenvalue weighted by Gasteiger charge is -2.32. The molecule has 1 amide bonds. The summed E-state index contributed by atoms with van der Waals surface area (Å²) in [6.45, 7) is 0.879. The zero-order valence-electron chi connectivity index (χ0n) is 17.3. The van der Waals surface area contributed by atoms with Crippen LogP contribution in [-0.4, -0.2) is 47.6 Å². The van der Waals surface area contributed by atoms with E-state index in [0.717, 1.165) is 32.6 Å². The van der Waals surface area contributed by atoms with Crippen LogP contribution in [0.2, 0.25) is 0 Å². The molecule has 4 aromatic rings. The average Bonchev–Trinajstić information content (AvgIpc) is 3.39. The number of aromatic nitrogens is 5. The van der Waals surface area contributed by atoms with E-state index < -0.39 is 11.2 Å². The van der Waals surface area contributed by atoms with E-state index in [4.69, 9.17) is 4.98 Å². The van der Waals surface area contributed by atoms with E-state index >= 15 is 0 Å². The Bertz CT molecular complexity index is 1400. The van der Waals surface area contributed by atoms with Crippen LogP contribution in [0.5, 0.6) is 0 Å². The van der Waals surface area contributed by atoms with Crippen LogP contribution in [0.15, 0.2) is 40.2 Å². The van der Waals surface area contributed by atoms with Gasteiger partial charge in [0.05, 0.1) is 21.6 Å². The number of benzene rings is 1. The Balaban J connectivity index is 1.41. The van der Waals surface area contributed by atoms with Crippen LogP contribution < -0.4 is 11.2 Å². The molecule has 0 saturated carbocycles. The molecule has 4 heterocycles. The largest absolute Gasteiger partial charge is 0.340 e. The minimum absolute atomic E-state index is 0.161. The zero-order valence-corrected chi connectivity index (χ0v) is 18.1. The van der Waals surface area contributed by atoms with Gasteiger partial charge in [-0.25, -0.2) is 19.3 Å². The van der Waals surface area contributed by atoms with Crippen molar-refractivity contribution in [3.63, 3.8) is 0 Å². The second-order valence-electron chi connectivity index (χ2n) is 7.96. The Morgan fingerprint density at radius 1 is 1.23 bits per heavy atom. The fourth-order valence-electron chi connectivity index (χ4n) is 4.24. The number of rotatable bonds is 3. The van der Waals surface area contributed by atoms with E-state index in [1.54, 1.807) is 34.9 Å². The number of piperidine rings is 1. The molecule has 1 aromatic carbocycles. The Kier molecular flexibility index (Phi) is 4.73. The number of para-hydroxylation sites is 1. The van der Waals surface area contributed by atoms with Crippen molar-refractivity contribution in [1.82, 2.24) is 28.6 Å². The first-order chi connectivity index (χ1) is 14.9. The summed E-state index contributed by atoms with van der Waals surface area (Å²) < 4.78 is 5.03. The lowest BCUT2D eigenvalue weighted by Crippen LogP contribution is -2.46. The van der Waals surface area contributed by atoms with E-state index in [1.807, 2.05) is 18.2 Å². The van der Waals surface area contributed by atoms with Gasteiger partial charge >= 0.3 is 5.69 Å². The summed E-state index contributed by atoms with van der Waals surface area (Å²) in [5, 5.41) is 1.03. The van der Waals surface area contributed by atoms with E-state index in [0.29, 0.717) is 24.3 Å². The molecule has 0 aliphatic carbocycles. The van der Waals surface area contributed by atoms with Crippen LogP contribution in [0.25, 0.3) is 21.4 Å². The highest BCUT2D eigenvalue weighted by Crippen LogP contribution is 2.33. The lowest BCUT2D eigenvalue weighted by molar-refractivity contribution is -0.133. The highest BCUT2D eigenvalue weighted by Gasteiger charge is 2.28. The van der Waals surface area contributed by atoms with Crippen molar-refractivity contribution in [1.29, 1.82) is 0 Å². The second kappa shape index (κ2) is 7.45. The lowest BCUT2D eigenvalue weighted by atomic mass is 9.98. The zero-order chi connectivity index (χ0) is 21.7. The van der Waals surface area contributed by atoms with Gasteiger partial charge in [-0.1, -0.05) is 12.1 Å². The van der Waals surface area contributed by atoms with Gasteiger partial charge in [-0.3, -0.25) is 14.2 Å². The van der Waals surface area contributed by atoms with Gasteiger partial charge in [0.1, 0.15) is 6.54 Å². The summed E-state index contributed by atoms with van der Waals surface area (Å²) in [5.74, 6) is -0.0688. The van der Waals surface area contributed by atoms with Gasteiger partial charge in [-0.15, -0.1) is 11.3 Å². The molecule has 3 aromatic heterocycles. The molecule has 1 atom stereocenters. The van der Waals surface area contributed by atoms with Crippen molar-refractivity contribution in [2.45, 2.75) is 25.3 Å². The molecule has 0 spiro atoms. The number of hydrogen-bond donors (Lipinski definition) is 0. The van der Waals surface area contributed by atoms with Gasteiger partial charge in [-0.2, -0.15) is 0 Å². The molecule has 10 heteroatoms.